The Labute approximate surface area is 440 Å². The van der Waals surface area contributed by atoms with Crippen LogP contribution in [0.1, 0.15) is 22.3 Å². The molecule has 354 valence electrons. The zero-order valence-electron chi connectivity index (χ0n) is 41.4. The fourth-order valence-corrected chi connectivity index (χ4v) is 13.2. The number of nitrogens with zero attached hydrogens (tertiary/aromatic N) is 2. The SMILES string of the molecule is c1ccc(-c2ccc(N(c3ccc4c(c3)-c3ccccc3C43c4ccccc4-c4ccccc43)c3c(-c4ccccc4)ccc4oc5ccc(-c6ccc7c(c6)c6ccccc6n7-c6ccccc6)cc5c34)cc2)cc1. The first-order chi connectivity index (χ1) is 37.7. The van der Waals surface area contributed by atoms with E-state index in [1.165, 1.54) is 71.9 Å². The molecule has 0 atom stereocenters. The molecule has 2 heterocycles. The van der Waals surface area contributed by atoms with Gasteiger partial charge in [0.2, 0.25) is 0 Å². The summed E-state index contributed by atoms with van der Waals surface area (Å²) in [5.41, 5.74) is 25.2. The van der Waals surface area contributed by atoms with Crippen molar-refractivity contribution in [2.75, 3.05) is 4.90 Å². The van der Waals surface area contributed by atoms with Crippen LogP contribution in [0.25, 0.3) is 105 Å². The summed E-state index contributed by atoms with van der Waals surface area (Å²) in [6, 6.07) is 103. The molecule has 76 heavy (non-hydrogen) atoms. The monoisotopic (exact) mass is 966 g/mol. The van der Waals surface area contributed by atoms with E-state index in [0.717, 1.165) is 72.5 Å². The maximum atomic E-state index is 6.97. The molecule has 12 aromatic carbocycles. The third kappa shape index (κ3) is 6.11. The summed E-state index contributed by atoms with van der Waals surface area (Å²) in [4.78, 5) is 2.50. The number of rotatable bonds is 7. The predicted octanol–water partition coefficient (Wildman–Crippen LogP) is 19.5. The highest BCUT2D eigenvalue weighted by atomic mass is 16.3. The summed E-state index contributed by atoms with van der Waals surface area (Å²) in [5, 5.41) is 4.56. The quantitative estimate of drug-likeness (QED) is 0.159. The van der Waals surface area contributed by atoms with E-state index < -0.39 is 5.41 Å². The zero-order chi connectivity index (χ0) is 49.9. The van der Waals surface area contributed by atoms with E-state index in [1.54, 1.807) is 0 Å². The smallest absolute Gasteiger partial charge is 0.137 e. The first-order valence-corrected chi connectivity index (χ1v) is 26.2. The van der Waals surface area contributed by atoms with Gasteiger partial charge < -0.3 is 13.9 Å². The van der Waals surface area contributed by atoms with Crippen LogP contribution in [0.5, 0.6) is 0 Å². The van der Waals surface area contributed by atoms with Gasteiger partial charge in [-0.15, -0.1) is 0 Å². The highest BCUT2D eigenvalue weighted by molar-refractivity contribution is 6.18. The predicted molar refractivity (Wildman–Crippen MR) is 315 cm³/mol. The molecule has 0 fully saturated rings. The number of benzene rings is 12. The Morgan fingerprint density at radius 3 is 1.50 bits per heavy atom. The Kier molecular flexibility index (Phi) is 9.25. The normalized spacial score (nSPS) is 12.8. The van der Waals surface area contributed by atoms with Gasteiger partial charge in [-0.25, -0.2) is 0 Å². The van der Waals surface area contributed by atoms with Crippen LogP contribution >= 0.6 is 0 Å². The van der Waals surface area contributed by atoms with E-state index in [-0.39, 0.29) is 0 Å². The Balaban J connectivity index is 0.951. The van der Waals surface area contributed by atoms with Gasteiger partial charge in [-0.3, -0.25) is 0 Å². The van der Waals surface area contributed by atoms with Crippen LogP contribution < -0.4 is 4.90 Å². The van der Waals surface area contributed by atoms with Crippen molar-refractivity contribution in [3.8, 4) is 61.3 Å². The van der Waals surface area contributed by atoms with Gasteiger partial charge in [0, 0.05) is 38.8 Å². The van der Waals surface area contributed by atoms with Crippen LogP contribution in [-0.2, 0) is 5.41 Å². The van der Waals surface area contributed by atoms with Gasteiger partial charge in [0.15, 0.2) is 0 Å². The molecule has 0 unspecified atom stereocenters. The molecule has 0 saturated heterocycles. The molecule has 0 radical (unpaired) electrons. The van der Waals surface area contributed by atoms with E-state index in [9.17, 15) is 0 Å². The molecular formula is C73H46N2O. The van der Waals surface area contributed by atoms with Crippen molar-refractivity contribution >= 4 is 60.8 Å². The molecule has 0 amide bonds. The third-order valence-corrected chi connectivity index (χ3v) is 16.4. The minimum absolute atomic E-state index is 0.453. The number of hydrogen-bond donors (Lipinski definition) is 0. The number of para-hydroxylation sites is 2. The summed E-state index contributed by atoms with van der Waals surface area (Å²) in [6.45, 7) is 0. The molecule has 2 aliphatic carbocycles. The van der Waals surface area contributed by atoms with E-state index in [0.29, 0.717) is 0 Å². The second-order valence-corrected chi connectivity index (χ2v) is 20.3. The first kappa shape index (κ1) is 42.5. The molecule has 3 nitrogen and oxygen atoms in total. The zero-order valence-corrected chi connectivity index (χ0v) is 41.4. The Morgan fingerprint density at radius 2 is 0.803 bits per heavy atom. The number of hydrogen-bond acceptors (Lipinski definition) is 2. The van der Waals surface area contributed by atoms with Crippen LogP contribution in [0.4, 0.5) is 17.1 Å². The lowest BCUT2D eigenvalue weighted by atomic mass is 9.70. The van der Waals surface area contributed by atoms with Crippen molar-refractivity contribution < 1.29 is 4.42 Å². The molecule has 1 spiro atoms. The summed E-state index contributed by atoms with van der Waals surface area (Å²) < 4.78 is 9.35. The van der Waals surface area contributed by atoms with Gasteiger partial charge in [-0.1, -0.05) is 200 Å². The minimum atomic E-state index is -0.453. The van der Waals surface area contributed by atoms with Crippen molar-refractivity contribution in [2.24, 2.45) is 0 Å². The van der Waals surface area contributed by atoms with E-state index in [4.69, 9.17) is 4.42 Å². The van der Waals surface area contributed by atoms with E-state index >= 15 is 0 Å². The highest BCUT2D eigenvalue weighted by Gasteiger charge is 2.51. The summed E-state index contributed by atoms with van der Waals surface area (Å²) in [7, 11) is 0. The topological polar surface area (TPSA) is 21.3 Å². The summed E-state index contributed by atoms with van der Waals surface area (Å²) in [6.07, 6.45) is 0. The van der Waals surface area contributed by atoms with Crippen molar-refractivity contribution in [3.05, 3.63) is 301 Å². The van der Waals surface area contributed by atoms with Crippen LogP contribution in [-0.4, -0.2) is 4.57 Å². The second kappa shape index (κ2) is 16.5. The third-order valence-electron chi connectivity index (χ3n) is 16.4. The number of anilines is 3. The molecule has 2 aliphatic rings. The maximum Gasteiger partial charge on any atom is 0.137 e. The van der Waals surface area contributed by atoms with Gasteiger partial charge in [-0.2, -0.15) is 0 Å². The molecule has 2 aromatic heterocycles. The lowest BCUT2D eigenvalue weighted by Gasteiger charge is -2.32. The van der Waals surface area contributed by atoms with Crippen LogP contribution in [0.15, 0.2) is 283 Å². The van der Waals surface area contributed by atoms with Crippen LogP contribution in [0.3, 0.4) is 0 Å². The van der Waals surface area contributed by atoms with Gasteiger partial charge in [0.1, 0.15) is 11.2 Å². The molecule has 0 bridgehead atoms. The minimum Gasteiger partial charge on any atom is -0.456 e. The fraction of sp³-hybridized carbons (Fsp3) is 0.0137. The lowest BCUT2D eigenvalue weighted by molar-refractivity contribution is 0.669. The first-order valence-electron chi connectivity index (χ1n) is 26.2. The molecular weight excluding hydrogens is 921 g/mol. The standard InChI is InChI=1S/C73H46N2O/c1-4-18-47(19-5-1)48-32-36-53(37-33-48)74(54-38-40-66-60(46-54)58-26-12-16-30-65(58)73(66)63-28-14-10-24-56(63)57-25-11-15-29-64(57)73)72-55(49-20-6-2-7-21-49)39-43-70-71(72)62-45-51(35-42-69(62)76-70)50-34-41-68-61(44-50)59-27-13-17-31-67(59)75(68)52-22-8-3-9-23-52/h1-46H. The van der Waals surface area contributed by atoms with Crippen LogP contribution in [0.2, 0.25) is 0 Å². The fourth-order valence-electron chi connectivity index (χ4n) is 13.2. The maximum absolute atomic E-state index is 6.97. The van der Waals surface area contributed by atoms with Gasteiger partial charge in [0.25, 0.3) is 0 Å². The molecule has 16 rings (SSSR count). The molecule has 0 aliphatic heterocycles. The van der Waals surface area contributed by atoms with Crippen LogP contribution in [0, 0.1) is 0 Å². The van der Waals surface area contributed by atoms with E-state index in [1.807, 2.05) is 0 Å². The molecule has 14 aromatic rings. The van der Waals surface area contributed by atoms with Crippen molar-refractivity contribution in [1.29, 1.82) is 0 Å². The largest absolute Gasteiger partial charge is 0.456 e. The summed E-state index contributed by atoms with van der Waals surface area (Å²) in [5.74, 6) is 0. The second-order valence-electron chi connectivity index (χ2n) is 20.3. The van der Waals surface area contributed by atoms with Crippen molar-refractivity contribution in [3.63, 3.8) is 0 Å². The number of aromatic nitrogens is 1. The molecule has 0 N–H and O–H groups in total. The highest BCUT2D eigenvalue weighted by Crippen LogP contribution is 2.63. The van der Waals surface area contributed by atoms with Gasteiger partial charge in [-0.05, 0) is 151 Å². The molecule has 3 heteroatoms. The van der Waals surface area contributed by atoms with Gasteiger partial charge >= 0.3 is 0 Å². The average molecular weight is 967 g/mol. The molecule has 0 saturated carbocycles. The number of fused-ring (bicyclic) bond motifs is 16. The Bertz CT molecular complexity index is 4580. The Morgan fingerprint density at radius 1 is 0.303 bits per heavy atom. The van der Waals surface area contributed by atoms with Gasteiger partial charge in [0.05, 0.1) is 27.5 Å². The van der Waals surface area contributed by atoms with E-state index in [2.05, 4.69) is 289 Å². The van der Waals surface area contributed by atoms with Crippen molar-refractivity contribution in [2.45, 2.75) is 5.41 Å². The summed E-state index contributed by atoms with van der Waals surface area (Å²) >= 11 is 0. The lowest BCUT2D eigenvalue weighted by Crippen LogP contribution is -2.25. The van der Waals surface area contributed by atoms with Crippen molar-refractivity contribution in [1.82, 2.24) is 4.57 Å². The number of furan rings is 1. The Hall–Kier alpha value is -9.96. The average Bonchev–Trinajstić information content (AvgIpc) is 4.30.